The maximum absolute atomic E-state index is 11.8. The fraction of sp³-hybridized carbons (Fsp3) is 0.0769. The van der Waals surface area contributed by atoms with Crippen LogP contribution >= 0.6 is 11.6 Å². The van der Waals surface area contributed by atoms with Crippen LogP contribution in [0.2, 0.25) is 5.02 Å². The van der Waals surface area contributed by atoms with E-state index >= 15 is 0 Å². The summed E-state index contributed by atoms with van der Waals surface area (Å²) in [5, 5.41) is 20.7. The Balaban J connectivity index is 2.30. The number of aliphatic carboxylic acids is 1. The normalized spacial score (nSPS) is 10.1. The molecule has 0 aromatic carbocycles. The third-order valence-electron chi connectivity index (χ3n) is 2.48. The van der Waals surface area contributed by atoms with Crippen LogP contribution in [0.1, 0.15) is 10.5 Å². The Labute approximate surface area is 124 Å². The Hall–Kier alpha value is -2.67. The lowest BCUT2D eigenvalue weighted by atomic mass is 10.2. The number of nitrogens with one attached hydrogen (secondary N) is 1. The number of aromatic hydroxyl groups is 1. The van der Waals surface area contributed by atoms with Gasteiger partial charge in [-0.25, -0.2) is 4.98 Å². The van der Waals surface area contributed by atoms with Crippen LogP contribution in [0, 0.1) is 0 Å². The predicted octanol–water partition coefficient (Wildman–Crippen LogP) is 1.32. The highest BCUT2D eigenvalue weighted by Crippen LogP contribution is 2.21. The van der Waals surface area contributed by atoms with Gasteiger partial charge < -0.3 is 15.5 Å². The summed E-state index contributed by atoms with van der Waals surface area (Å²) in [6.45, 7) is -0.566. The van der Waals surface area contributed by atoms with E-state index in [0.717, 1.165) is 0 Å². The van der Waals surface area contributed by atoms with Gasteiger partial charge in [0.2, 0.25) is 0 Å². The standard InChI is InChI=1S/C13H10ClN3O4/c14-7-1-2-8(15-5-7)9-3-4-10(18)12(17-9)13(21)16-6-11(19)20/h1-5,18H,6H2,(H,16,21)(H,19,20). The van der Waals surface area contributed by atoms with Crippen molar-refractivity contribution < 1.29 is 19.8 Å². The van der Waals surface area contributed by atoms with Gasteiger partial charge in [0.15, 0.2) is 5.69 Å². The largest absolute Gasteiger partial charge is 0.505 e. The zero-order valence-corrected chi connectivity index (χ0v) is 11.3. The number of amides is 1. The minimum Gasteiger partial charge on any atom is -0.505 e. The summed E-state index contributed by atoms with van der Waals surface area (Å²) in [7, 11) is 0. The quantitative estimate of drug-likeness (QED) is 0.785. The van der Waals surface area contributed by atoms with Crippen LogP contribution < -0.4 is 5.32 Å². The monoisotopic (exact) mass is 307 g/mol. The van der Waals surface area contributed by atoms with Gasteiger partial charge in [-0.1, -0.05) is 11.6 Å². The van der Waals surface area contributed by atoms with Crippen LogP contribution in [-0.2, 0) is 4.79 Å². The number of carboxylic acids is 1. The van der Waals surface area contributed by atoms with Crippen molar-refractivity contribution in [1.82, 2.24) is 15.3 Å². The van der Waals surface area contributed by atoms with E-state index < -0.39 is 18.4 Å². The molecule has 0 aliphatic carbocycles. The van der Waals surface area contributed by atoms with Crippen LogP contribution in [0.25, 0.3) is 11.4 Å². The number of carbonyl (C=O) groups excluding carboxylic acids is 1. The van der Waals surface area contributed by atoms with Crippen molar-refractivity contribution in [1.29, 1.82) is 0 Å². The highest BCUT2D eigenvalue weighted by Gasteiger charge is 2.15. The second-order valence-electron chi connectivity index (χ2n) is 4.00. The predicted molar refractivity (Wildman–Crippen MR) is 74.1 cm³/mol. The van der Waals surface area contributed by atoms with Gasteiger partial charge in [0.05, 0.1) is 16.4 Å². The molecule has 3 N–H and O–H groups in total. The molecule has 1 amide bonds. The first-order valence-corrected chi connectivity index (χ1v) is 6.17. The fourth-order valence-electron chi connectivity index (χ4n) is 1.53. The second kappa shape index (κ2) is 6.19. The first-order valence-electron chi connectivity index (χ1n) is 5.79. The number of halogens is 1. The molecule has 108 valence electrons. The molecule has 0 saturated carbocycles. The number of hydrogen-bond acceptors (Lipinski definition) is 5. The topological polar surface area (TPSA) is 112 Å². The van der Waals surface area contributed by atoms with Gasteiger partial charge in [-0.15, -0.1) is 0 Å². The summed E-state index contributed by atoms with van der Waals surface area (Å²) < 4.78 is 0. The van der Waals surface area contributed by atoms with Crippen molar-refractivity contribution >= 4 is 23.5 Å². The van der Waals surface area contributed by atoms with Gasteiger partial charge in [-0.05, 0) is 24.3 Å². The summed E-state index contributed by atoms with van der Waals surface area (Å²) in [4.78, 5) is 30.2. The van der Waals surface area contributed by atoms with Gasteiger partial charge in [0.1, 0.15) is 12.3 Å². The van der Waals surface area contributed by atoms with Crippen LogP contribution in [0.4, 0.5) is 0 Å². The summed E-state index contributed by atoms with van der Waals surface area (Å²) in [6, 6.07) is 6.00. The zero-order chi connectivity index (χ0) is 15.4. The first kappa shape index (κ1) is 14.7. The smallest absolute Gasteiger partial charge is 0.322 e. The highest BCUT2D eigenvalue weighted by molar-refractivity contribution is 6.30. The molecule has 21 heavy (non-hydrogen) atoms. The Kier molecular flexibility index (Phi) is 4.34. The van der Waals surface area contributed by atoms with Crippen molar-refractivity contribution in [3.63, 3.8) is 0 Å². The number of nitrogens with zero attached hydrogens (tertiary/aromatic N) is 2. The molecule has 7 nitrogen and oxygen atoms in total. The Bertz CT molecular complexity index is 688. The van der Waals surface area contributed by atoms with Gasteiger partial charge in [0, 0.05) is 6.20 Å². The second-order valence-corrected chi connectivity index (χ2v) is 4.44. The van der Waals surface area contributed by atoms with Gasteiger partial charge in [0.25, 0.3) is 5.91 Å². The first-order chi connectivity index (χ1) is 9.97. The third-order valence-corrected chi connectivity index (χ3v) is 2.70. The van der Waals surface area contributed by atoms with E-state index in [9.17, 15) is 14.7 Å². The minimum atomic E-state index is -1.20. The summed E-state index contributed by atoms with van der Waals surface area (Å²) >= 11 is 5.73. The number of rotatable bonds is 4. The van der Waals surface area contributed by atoms with Crippen molar-refractivity contribution in [2.24, 2.45) is 0 Å². The van der Waals surface area contributed by atoms with E-state index in [1.54, 1.807) is 12.1 Å². The van der Waals surface area contributed by atoms with Crippen molar-refractivity contribution in [3.05, 3.63) is 41.2 Å². The average molecular weight is 308 g/mol. The van der Waals surface area contributed by atoms with E-state index in [2.05, 4.69) is 15.3 Å². The van der Waals surface area contributed by atoms with Crippen LogP contribution in [-0.4, -0.2) is 38.6 Å². The molecule has 2 rings (SSSR count). The van der Waals surface area contributed by atoms with Crippen molar-refractivity contribution in [2.75, 3.05) is 6.54 Å². The number of carbonyl (C=O) groups is 2. The lowest BCUT2D eigenvalue weighted by Gasteiger charge is -2.06. The van der Waals surface area contributed by atoms with Crippen molar-refractivity contribution in [2.45, 2.75) is 0 Å². The van der Waals surface area contributed by atoms with Crippen LogP contribution in [0.5, 0.6) is 5.75 Å². The van der Waals surface area contributed by atoms with E-state index in [-0.39, 0.29) is 11.4 Å². The molecule has 0 atom stereocenters. The molecule has 0 aliphatic heterocycles. The maximum Gasteiger partial charge on any atom is 0.322 e. The molecule has 0 unspecified atom stereocenters. The third kappa shape index (κ3) is 3.67. The fourth-order valence-corrected chi connectivity index (χ4v) is 1.64. The molecule has 2 aromatic heterocycles. The summed E-state index contributed by atoms with van der Waals surface area (Å²) in [5.74, 6) is -2.33. The molecule has 0 saturated heterocycles. The molecule has 0 fully saturated rings. The average Bonchev–Trinajstić information content (AvgIpc) is 2.46. The maximum atomic E-state index is 11.8. The molecule has 2 heterocycles. The van der Waals surface area contributed by atoms with Crippen LogP contribution in [0.3, 0.4) is 0 Å². The summed E-state index contributed by atoms with van der Waals surface area (Å²) in [5.41, 5.74) is 0.544. The van der Waals surface area contributed by atoms with E-state index in [1.165, 1.54) is 18.3 Å². The molecule has 0 spiro atoms. The molecule has 0 bridgehead atoms. The minimum absolute atomic E-state index is 0.273. The number of pyridine rings is 2. The van der Waals surface area contributed by atoms with Crippen LogP contribution in [0.15, 0.2) is 30.5 Å². The molecule has 2 aromatic rings. The molecule has 0 radical (unpaired) electrons. The SMILES string of the molecule is O=C(O)CNC(=O)c1nc(-c2ccc(Cl)cn2)ccc1O. The summed E-state index contributed by atoms with van der Waals surface area (Å²) in [6.07, 6.45) is 1.43. The highest BCUT2D eigenvalue weighted by atomic mass is 35.5. The van der Waals surface area contributed by atoms with E-state index in [0.29, 0.717) is 16.4 Å². The number of aromatic nitrogens is 2. The Morgan fingerprint density at radius 1 is 1.19 bits per heavy atom. The number of hydrogen-bond donors (Lipinski definition) is 3. The Morgan fingerprint density at radius 2 is 1.90 bits per heavy atom. The van der Waals surface area contributed by atoms with Gasteiger partial charge in [-0.2, -0.15) is 0 Å². The van der Waals surface area contributed by atoms with Gasteiger partial charge in [-0.3, -0.25) is 14.6 Å². The lowest BCUT2D eigenvalue weighted by Crippen LogP contribution is -2.30. The van der Waals surface area contributed by atoms with Gasteiger partial charge >= 0.3 is 5.97 Å². The molecular weight excluding hydrogens is 298 g/mol. The lowest BCUT2D eigenvalue weighted by molar-refractivity contribution is -0.135. The molecule has 0 aliphatic rings. The van der Waals surface area contributed by atoms with Crippen molar-refractivity contribution in [3.8, 4) is 17.1 Å². The van der Waals surface area contributed by atoms with E-state index in [4.69, 9.17) is 16.7 Å². The molecule has 8 heteroatoms. The Morgan fingerprint density at radius 3 is 2.52 bits per heavy atom. The number of carboxylic acid groups (broad SMARTS) is 1. The van der Waals surface area contributed by atoms with E-state index in [1.807, 2.05) is 0 Å². The molecular formula is C13H10ClN3O4. The zero-order valence-electron chi connectivity index (χ0n) is 10.6.